The lowest BCUT2D eigenvalue weighted by Crippen LogP contribution is -2.34. The first-order valence-corrected chi connectivity index (χ1v) is 7.07. The zero-order chi connectivity index (χ0) is 16.0. The number of halogens is 1. The van der Waals surface area contributed by atoms with Gasteiger partial charge in [-0.25, -0.2) is 9.59 Å². The summed E-state index contributed by atoms with van der Waals surface area (Å²) < 4.78 is 10.6. The summed E-state index contributed by atoms with van der Waals surface area (Å²) in [7, 11) is 1.24. The van der Waals surface area contributed by atoms with Crippen molar-refractivity contribution in [2.45, 2.75) is 26.4 Å². The van der Waals surface area contributed by atoms with E-state index in [1.165, 1.54) is 13.2 Å². The van der Waals surface area contributed by atoms with Gasteiger partial charge in [0.25, 0.3) is 0 Å². The van der Waals surface area contributed by atoms with Crippen LogP contribution in [-0.4, -0.2) is 24.8 Å². The van der Waals surface area contributed by atoms with E-state index >= 15 is 0 Å². The van der Waals surface area contributed by atoms with E-state index in [0.29, 0.717) is 0 Å². The second kappa shape index (κ2) is 7.26. The van der Waals surface area contributed by atoms with E-state index in [-0.39, 0.29) is 5.70 Å². The molecule has 21 heavy (non-hydrogen) atoms. The van der Waals surface area contributed by atoms with Gasteiger partial charge < -0.3 is 9.47 Å². The molecule has 0 saturated carbocycles. The van der Waals surface area contributed by atoms with E-state index < -0.39 is 17.7 Å². The Bertz CT molecular complexity index is 561. The second-order valence-corrected chi connectivity index (χ2v) is 6.05. The Morgan fingerprint density at radius 2 is 1.86 bits per heavy atom. The maximum Gasteiger partial charge on any atom is 0.412 e. The second-order valence-electron chi connectivity index (χ2n) is 5.20. The molecule has 1 N–H and O–H groups in total. The predicted octanol–water partition coefficient (Wildman–Crippen LogP) is 3.49. The summed E-state index contributed by atoms with van der Waals surface area (Å²) in [4.78, 5) is 23.5. The minimum absolute atomic E-state index is 0.00125. The van der Waals surface area contributed by atoms with Gasteiger partial charge in [-0.05, 0) is 38.5 Å². The van der Waals surface area contributed by atoms with Crippen molar-refractivity contribution in [1.82, 2.24) is 5.32 Å². The minimum Gasteiger partial charge on any atom is -0.464 e. The lowest BCUT2D eigenvalue weighted by molar-refractivity contribution is -0.136. The predicted molar refractivity (Wildman–Crippen MR) is 83.5 cm³/mol. The van der Waals surface area contributed by atoms with Crippen molar-refractivity contribution in [3.05, 3.63) is 40.0 Å². The van der Waals surface area contributed by atoms with Gasteiger partial charge in [-0.2, -0.15) is 0 Å². The first-order chi connectivity index (χ1) is 9.73. The zero-order valence-electron chi connectivity index (χ0n) is 12.4. The highest BCUT2D eigenvalue weighted by Crippen LogP contribution is 2.19. The van der Waals surface area contributed by atoms with Crippen LogP contribution in [0.25, 0.3) is 6.08 Å². The van der Waals surface area contributed by atoms with Gasteiger partial charge in [0.15, 0.2) is 0 Å². The van der Waals surface area contributed by atoms with Gasteiger partial charge in [0.05, 0.1) is 7.11 Å². The number of hydrogen-bond donors (Lipinski definition) is 1. The molecule has 1 aromatic carbocycles. The van der Waals surface area contributed by atoms with Crippen LogP contribution in [0.15, 0.2) is 34.4 Å². The van der Waals surface area contributed by atoms with Crippen LogP contribution in [0.5, 0.6) is 0 Å². The number of esters is 1. The number of amides is 1. The van der Waals surface area contributed by atoms with Crippen molar-refractivity contribution in [1.29, 1.82) is 0 Å². The van der Waals surface area contributed by atoms with E-state index in [1.807, 2.05) is 18.2 Å². The molecule has 0 aliphatic carbocycles. The average Bonchev–Trinajstić information content (AvgIpc) is 2.37. The van der Waals surface area contributed by atoms with Crippen LogP contribution in [0.1, 0.15) is 26.3 Å². The number of benzene rings is 1. The maximum atomic E-state index is 11.8. The van der Waals surface area contributed by atoms with Crippen LogP contribution >= 0.6 is 15.9 Å². The third-order valence-electron chi connectivity index (χ3n) is 2.25. The number of carbonyl (C=O) groups excluding carboxylic acids is 2. The molecule has 6 heteroatoms. The van der Waals surface area contributed by atoms with Crippen molar-refractivity contribution < 1.29 is 19.1 Å². The summed E-state index contributed by atoms with van der Waals surface area (Å²) in [6, 6.07) is 7.29. The molecular weight excluding hydrogens is 338 g/mol. The highest BCUT2D eigenvalue weighted by Gasteiger charge is 2.20. The van der Waals surface area contributed by atoms with Crippen LogP contribution in [-0.2, 0) is 14.3 Å². The van der Waals surface area contributed by atoms with E-state index in [0.717, 1.165) is 10.0 Å². The summed E-state index contributed by atoms with van der Waals surface area (Å²) in [6.07, 6.45) is 0.797. The Kier molecular flexibility index (Phi) is 5.96. The van der Waals surface area contributed by atoms with Crippen LogP contribution in [0, 0.1) is 0 Å². The molecule has 114 valence electrons. The van der Waals surface area contributed by atoms with Crippen LogP contribution in [0.4, 0.5) is 4.79 Å². The van der Waals surface area contributed by atoms with Crippen molar-refractivity contribution in [3.8, 4) is 0 Å². The van der Waals surface area contributed by atoms with Gasteiger partial charge in [0.2, 0.25) is 0 Å². The van der Waals surface area contributed by atoms with E-state index in [1.54, 1.807) is 26.8 Å². The Labute approximate surface area is 132 Å². The number of ether oxygens (including phenoxy) is 2. The molecule has 0 fully saturated rings. The molecule has 0 bridgehead atoms. The molecule has 0 saturated heterocycles. The van der Waals surface area contributed by atoms with Gasteiger partial charge in [-0.1, -0.05) is 34.1 Å². The molecule has 0 heterocycles. The first kappa shape index (κ1) is 17.2. The fourth-order valence-corrected chi connectivity index (χ4v) is 1.82. The first-order valence-electron chi connectivity index (χ1n) is 6.27. The van der Waals surface area contributed by atoms with Crippen LogP contribution in [0.2, 0.25) is 0 Å². The monoisotopic (exact) mass is 355 g/mol. The molecule has 0 aliphatic rings. The summed E-state index contributed by atoms with van der Waals surface area (Å²) >= 11 is 3.37. The number of alkyl carbamates (subject to hydrolysis) is 1. The van der Waals surface area contributed by atoms with Crippen LogP contribution in [0.3, 0.4) is 0 Å². The van der Waals surface area contributed by atoms with E-state index in [9.17, 15) is 9.59 Å². The topological polar surface area (TPSA) is 64.6 Å². The van der Waals surface area contributed by atoms with Gasteiger partial charge >= 0.3 is 12.1 Å². The van der Waals surface area contributed by atoms with Gasteiger partial charge in [-0.3, -0.25) is 5.32 Å². The number of hydrogen-bond acceptors (Lipinski definition) is 4. The quantitative estimate of drug-likeness (QED) is 0.665. The standard InChI is InChI=1S/C15H18BrNO4/c1-15(2,3)21-14(19)17-12(13(18)20-4)9-10-7-5-6-8-11(10)16/h5-9H,1-4H3,(H,17,19)/b12-9-. The third-order valence-corrected chi connectivity index (χ3v) is 2.97. The smallest absolute Gasteiger partial charge is 0.412 e. The molecule has 0 atom stereocenters. The maximum absolute atomic E-state index is 11.8. The highest BCUT2D eigenvalue weighted by atomic mass is 79.9. The molecule has 1 amide bonds. The Morgan fingerprint density at radius 1 is 1.24 bits per heavy atom. The largest absolute Gasteiger partial charge is 0.464 e. The normalized spacial score (nSPS) is 11.8. The molecule has 0 aromatic heterocycles. The molecule has 0 radical (unpaired) electrons. The molecule has 0 spiro atoms. The summed E-state index contributed by atoms with van der Waals surface area (Å²) in [6.45, 7) is 5.21. The van der Waals surface area contributed by atoms with Gasteiger partial charge in [0, 0.05) is 4.47 Å². The fourth-order valence-electron chi connectivity index (χ4n) is 1.42. The number of nitrogens with one attached hydrogen (secondary N) is 1. The molecule has 1 aromatic rings. The van der Waals surface area contributed by atoms with E-state index in [4.69, 9.17) is 4.74 Å². The lowest BCUT2D eigenvalue weighted by atomic mass is 10.2. The summed E-state index contributed by atoms with van der Waals surface area (Å²) in [5, 5.41) is 2.40. The zero-order valence-corrected chi connectivity index (χ0v) is 14.0. The van der Waals surface area contributed by atoms with Crippen molar-refractivity contribution in [2.24, 2.45) is 0 Å². The highest BCUT2D eigenvalue weighted by molar-refractivity contribution is 9.10. The lowest BCUT2D eigenvalue weighted by Gasteiger charge is -2.20. The van der Waals surface area contributed by atoms with Gasteiger partial charge in [0.1, 0.15) is 11.3 Å². The Balaban J connectivity index is 3.00. The molecular formula is C15H18BrNO4. The van der Waals surface area contributed by atoms with Crippen LogP contribution < -0.4 is 5.32 Å². The van der Waals surface area contributed by atoms with Crippen molar-refractivity contribution >= 4 is 34.1 Å². The number of carbonyl (C=O) groups is 2. The van der Waals surface area contributed by atoms with Crippen molar-refractivity contribution in [2.75, 3.05) is 7.11 Å². The third kappa shape index (κ3) is 5.99. The minimum atomic E-state index is -0.716. The van der Waals surface area contributed by atoms with Gasteiger partial charge in [-0.15, -0.1) is 0 Å². The molecule has 0 aliphatic heterocycles. The van der Waals surface area contributed by atoms with Crippen molar-refractivity contribution in [3.63, 3.8) is 0 Å². The summed E-state index contributed by atoms with van der Waals surface area (Å²) in [5.41, 5.74) is 0.0751. The molecule has 5 nitrogen and oxygen atoms in total. The number of methoxy groups -OCH3 is 1. The molecule has 1 rings (SSSR count). The SMILES string of the molecule is COC(=O)/C(=C/c1ccccc1Br)NC(=O)OC(C)(C)C. The average molecular weight is 356 g/mol. The molecule has 0 unspecified atom stereocenters. The summed E-state index contributed by atoms with van der Waals surface area (Å²) in [5.74, 6) is -0.656. The Hall–Kier alpha value is -1.82. The Morgan fingerprint density at radius 3 is 2.38 bits per heavy atom. The number of rotatable bonds is 3. The van der Waals surface area contributed by atoms with E-state index in [2.05, 4.69) is 26.0 Å². The fraction of sp³-hybridized carbons (Fsp3) is 0.333.